The third kappa shape index (κ3) is 5.79. The van der Waals surface area contributed by atoms with Crippen LogP contribution in [0.1, 0.15) is 67.7 Å². The molecule has 4 rings (SSSR count). The molecule has 0 aliphatic carbocycles. The van der Waals surface area contributed by atoms with E-state index in [9.17, 15) is 14.7 Å². The lowest BCUT2D eigenvalue weighted by Gasteiger charge is -2.11. The molecule has 0 radical (unpaired) electrons. The number of pyridine rings is 1. The van der Waals surface area contributed by atoms with Crippen LogP contribution in [0.2, 0.25) is 0 Å². The van der Waals surface area contributed by atoms with E-state index in [-0.39, 0.29) is 11.5 Å². The van der Waals surface area contributed by atoms with Crippen LogP contribution >= 0.6 is 0 Å². The van der Waals surface area contributed by atoms with E-state index in [1.165, 1.54) is 0 Å². The zero-order valence-electron chi connectivity index (χ0n) is 20.8. The van der Waals surface area contributed by atoms with Crippen molar-refractivity contribution in [2.45, 2.75) is 58.9 Å². The van der Waals surface area contributed by atoms with E-state index in [1.807, 2.05) is 48.5 Å². The van der Waals surface area contributed by atoms with E-state index in [0.717, 1.165) is 60.2 Å². The first kappa shape index (κ1) is 25.1. The number of amides is 1. The van der Waals surface area contributed by atoms with E-state index in [0.29, 0.717) is 24.3 Å². The van der Waals surface area contributed by atoms with Crippen molar-refractivity contribution >= 4 is 28.9 Å². The van der Waals surface area contributed by atoms with Crippen molar-refractivity contribution in [1.29, 1.82) is 0 Å². The largest absolute Gasteiger partial charge is 0.478 e. The van der Waals surface area contributed by atoms with Gasteiger partial charge in [0.25, 0.3) is 0 Å². The Hall–Kier alpha value is -4.00. The second kappa shape index (κ2) is 11.6. The van der Waals surface area contributed by atoms with Gasteiger partial charge in [-0.05, 0) is 47.7 Å². The number of unbranched alkanes of at least 4 members (excludes halogenated alkanes) is 2. The van der Waals surface area contributed by atoms with Gasteiger partial charge in [0.2, 0.25) is 5.91 Å². The molecule has 1 amide bonds. The normalized spacial score (nSPS) is 11.1. The van der Waals surface area contributed by atoms with Crippen LogP contribution in [-0.4, -0.2) is 31.5 Å². The lowest BCUT2D eigenvalue weighted by molar-refractivity contribution is -0.116. The SMILES string of the molecule is CCCCC(=O)Nc1ccc2nc(CCCC)n(Cc3ccc(-c4ccccc4C(=O)O)cc3)c2n1. The third-order valence-electron chi connectivity index (χ3n) is 6.21. The van der Waals surface area contributed by atoms with E-state index in [1.54, 1.807) is 12.1 Å². The number of aryl methyl sites for hydroxylation is 1. The van der Waals surface area contributed by atoms with E-state index in [2.05, 4.69) is 23.7 Å². The number of carboxylic acids is 1. The summed E-state index contributed by atoms with van der Waals surface area (Å²) in [5.74, 6) is 0.531. The maximum atomic E-state index is 12.2. The minimum Gasteiger partial charge on any atom is -0.478 e. The van der Waals surface area contributed by atoms with Gasteiger partial charge in [0.05, 0.1) is 12.1 Å². The maximum absolute atomic E-state index is 12.2. The molecule has 0 aliphatic heterocycles. The smallest absolute Gasteiger partial charge is 0.336 e. The molecule has 0 saturated carbocycles. The average molecular weight is 485 g/mol. The summed E-state index contributed by atoms with van der Waals surface area (Å²) in [5.41, 5.74) is 4.44. The van der Waals surface area contributed by atoms with Crippen LogP contribution in [0, 0.1) is 0 Å². The molecule has 36 heavy (non-hydrogen) atoms. The lowest BCUT2D eigenvalue weighted by Crippen LogP contribution is -2.12. The molecule has 2 aromatic heterocycles. The fraction of sp³-hybridized carbons (Fsp3) is 0.310. The molecule has 0 fully saturated rings. The van der Waals surface area contributed by atoms with Crippen LogP contribution in [0.3, 0.4) is 0 Å². The van der Waals surface area contributed by atoms with Gasteiger partial charge in [0, 0.05) is 12.8 Å². The zero-order chi connectivity index (χ0) is 25.5. The van der Waals surface area contributed by atoms with Crippen LogP contribution in [0.5, 0.6) is 0 Å². The fourth-order valence-corrected chi connectivity index (χ4v) is 4.25. The van der Waals surface area contributed by atoms with Crippen molar-refractivity contribution in [3.63, 3.8) is 0 Å². The summed E-state index contributed by atoms with van der Waals surface area (Å²) < 4.78 is 2.12. The van der Waals surface area contributed by atoms with Crippen molar-refractivity contribution in [3.8, 4) is 11.1 Å². The molecule has 186 valence electrons. The Kier molecular flexibility index (Phi) is 8.10. The number of aromatic nitrogens is 3. The van der Waals surface area contributed by atoms with Gasteiger partial charge in [-0.3, -0.25) is 4.79 Å². The van der Waals surface area contributed by atoms with Crippen LogP contribution in [0.4, 0.5) is 5.82 Å². The maximum Gasteiger partial charge on any atom is 0.336 e. The molecule has 0 unspecified atom stereocenters. The predicted octanol–water partition coefficient (Wildman–Crippen LogP) is 6.32. The van der Waals surface area contributed by atoms with Crippen molar-refractivity contribution in [2.75, 3.05) is 5.32 Å². The summed E-state index contributed by atoms with van der Waals surface area (Å²) in [6, 6.07) is 18.7. The van der Waals surface area contributed by atoms with Crippen LogP contribution in [0.15, 0.2) is 60.7 Å². The van der Waals surface area contributed by atoms with Gasteiger partial charge in [-0.1, -0.05) is 69.2 Å². The predicted molar refractivity (Wildman–Crippen MR) is 142 cm³/mol. The number of carboxylic acid groups (broad SMARTS) is 1. The molecule has 0 atom stereocenters. The topological polar surface area (TPSA) is 97.1 Å². The minimum atomic E-state index is -0.941. The highest BCUT2D eigenvalue weighted by Crippen LogP contribution is 2.25. The Morgan fingerprint density at radius 1 is 0.917 bits per heavy atom. The van der Waals surface area contributed by atoms with Gasteiger partial charge in [-0.15, -0.1) is 0 Å². The van der Waals surface area contributed by atoms with Gasteiger partial charge >= 0.3 is 5.97 Å². The number of carbonyl (C=O) groups is 2. The molecule has 4 aromatic rings. The Morgan fingerprint density at radius 3 is 2.39 bits per heavy atom. The quantitative estimate of drug-likeness (QED) is 0.260. The highest BCUT2D eigenvalue weighted by Gasteiger charge is 2.15. The Bertz CT molecular complexity index is 1360. The van der Waals surface area contributed by atoms with Gasteiger partial charge in [-0.2, -0.15) is 0 Å². The summed E-state index contributed by atoms with van der Waals surface area (Å²) in [5, 5.41) is 12.4. The number of imidazole rings is 1. The van der Waals surface area contributed by atoms with Crippen molar-refractivity contribution < 1.29 is 14.7 Å². The summed E-state index contributed by atoms with van der Waals surface area (Å²) in [4.78, 5) is 33.4. The second-order valence-corrected chi connectivity index (χ2v) is 8.96. The van der Waals surface area contributed by atoms with Crippen molar-refractivity contribution in [1.82, 2.24) is 14.5 Å². The lowest BCUT2D eigenvalue weighted by atomic mass is 9.99. The zero-order valence-corrected chi connectivity index (χ0v) is 20.8. The molecule has 7 nitrogen and oxygen atoms in total. The molecular formula is C29H32N4O3. The Morgan fingerprint density at radius 2 is 1.67 bits per heavy atom. The van der Waals surface area contributed by atoms with Gasteiger partial charge in [-0.25, -0.2) is 14.8 Å². The summed E-state index contributed by atoms with van der Waals surface area (Å²) in [6.07, 6.45) is 5.22. The number of nitrogens with one attached hydrogen (secondary N) is 1. The standard InChI is InChI=1S/C29H32N4O3/c1-3-5-11-26-30-24-17-18-25(31-27(34)12-6-4-2)32-28(24)33(26)19-20-13-15-21(16-14-20)22-9-7-8-10-23(22)29(35)36/h7-10,13-18H,3-6,11-12,19H2,1-2H3,(H,35,36)(H,31,32,34). The molecule has 0 aliphatic rings. The summed E-state index contributed by atoms with van der Waals surface area (Å²) in [7, 11) is 0. The molecule has 0 spiro atoms. The van der Waals surface area contributed by atoms with Crippen molar-refractivity contribution in [2.24, 2.45) is 0 Å². The van der Waals surface area contributed by atoms with Crippen LogP contribution < -0.4 is 5.32 Å². The number of carbonyl (C=O) groups excluding carboxylic acids is 1. The molecule has 2 aromatic carbocycles. The number of hydrogen-bond donors (Lipinski definition) is 2. The molecular weight excluding hydrogens is 452 g/mol. The first-order chi connectivity index (χ1) is 17.5. The number of hydrogen-bond acceptors (Lipinski definition) is 4. The molecule has 7 heteroatoms. The number of benzene rings is 2. The average Bonchev–Trinajstić information content (AvgIpc) is 3.23. The number of anilines is 1. The second-order valence-electron chi connectivity index (χ2n) is 8.96. The summed E-state index contributed by atoms with van der Waals surface area (Å²) >= 11 is 0. The molecule has 0 saturated heterocycles. The number of aromatic carboxylic acids is 1. The number of nitrogens with zero attached hydrogens (tertiary/aromatic N) is 3. The fourth-order valence-electron chi connectivity index (χ4n) is 4.25. The number of fused-ring (bicyclic) bond motifs is 1. The van der Waals surface area contributed by atoms with Crippen LogP contribution in [-0.2, 0) is 17.8 Å². The van der Waals surface area contributed by atoms with E-state index in [4.69, 9.17) is 9.97 Å². The summed E-state index contributed by atoms with van der Waals surface area (Å²) in [6.45, 7) is 4.80. The van der Waals surface area contributed by atoms with Crippen molar-refractivity contribution in [3.05, 3.63) is 77.6 Å². The van der Waals surface area contributed by atoms with E-state index >= 15 is 0 Å². The monoisotopic (exact) mass is 484 g/mol. The number of rotatable bonds is 11. The molecule has 2 heterocycles. The Labute approximate surface area is 211 Å². The van der Waals surface area contributed by atoms with Crippen LogP contribution in [0.25, 0.3) is 22.3 Å². The first-order valence-electron chi connectivity index (χ1n) is 12.6. The highest BCUT2D eigenvalue weighted by atomic mass is 16.4. The highest BCUT2D eigenvalue weighted by molar-refractivity contribution is 5.96. The minimum absolute atomic E-state index is 0.0294. The third-order valence-corrected chi connectivity index (χ3v) is 6.21. The van der Waals surface area contributed by atoms with Gasteiger partial charge in [0.1, 0.15) is 17.2 Å². The van der Waals surface area contributed by atoms with E-state index < -0.39 is 5.97 Å². The molecule has 2 N–H and O–H groups in total. The molecule has 0 bridgehead atoms. The first-order valence-corrected chi connectivity index (χ1v) is 12.6. The van der Waals surface area contributed by atoms with Gasteiger partial charge < -0.3 is 15.0 Å². The Balaban J connectivity index is 1.64. The van der Waals surface area contributed by atoms with Gasteiger partial charge in [0.15, 0.2) is 5.65 Å².